The number of alkyl halides is 6. The van der Waals surface area contributed by atoms with Gasteiger partial charge in [0.2, 0.25) is 0 Å². The van der Waals surface area contributed by atoms with Crippen LogP contribution in [0.15, 0.2) is 0 Å². The lowest BCUT2D eigenvalue weighted by Crippen LogP contribution is -2.56. The van der Waals surface area contributed by atoms with Crippen molar-refractivity contribution in [2.45, 2.75) is 58.0 Å². The van der Waals surface area contributed by atoms with E-state index in [1.165, 1.54) is 13.8 Å². The average Bonchev–Trinajstić information content (AvgIpc) is 2.30. The van der Waals surface area contributed by atoms with Crippen molar-refractivity contribution >= 4 is 5.97 Å². The molecule has 9 heteroatoms. The molecule has 0 aromatic carbocycles. The number of aliphatic hydroxyl groups is 1. The molecule has 0 aromatic rings. The Morgan fingerprint density at radius 1 is 1.05 bits per heavy atom. The van der Waals surface area contributed by atoms with E-state index in [1.54, 1.807) is 6.92 Å². The Morgan fingerprint density at radius 2 is 1.48 bits per heavy atom. The van der Waals surface area contributed by atoms with Crippen molar-refractivity contribution in [2.75, 3.05) is 6.61 Å². The van der Waals surface area contributed by atoms with Crippen molar-refractivity contribution in [3.63, 3.8) is 0 Å². The zero-order chi connectivity index (χ0) is 17.1. The van der Waals surface area contributed by atoms with E-state index in [4.69, 9.17) is 5.11 Å². The number of rotatable bonds is 6. The zero-order valence-corrected chi connectivity index (χ0v) is 11.9. The van der Waals surface area contributed by atoms with Gasteiger partial charge in [-0.25, -0.2) is 0 Å². The summed E-state index contributed by atoms with van der Waals surface area (Å²) in [6.07, 6.45) is -13.7. The molecular formula is C12H18F6O3. The van der Waals surface area contributed by atoms with Gasteiger partial charge in [0.15, 0.2) is 0 Å². The molecular weight excluding hydrogens is 306 g/mol. The van der Waals surface area contributed by atoms with Crippen molar-refractivity contribution in [1.82, 2.24) is 0 Å². The van der Waals surface area contributed by atoms with Gasteiger partial charge >= 0.3 is 18.3 Å². The van der Waals surface area contributed by atoms with Crippen LogP contribution in [-0.4, -0.2) is 35.6 Å². The number of carbonyl (C=O) groups is 1. The molecule has 0 heterocycles. The number of esters is 1. The highest BCUT2D eigenvalue weighted by atomic mass is 19.4. The van der Waals surface area contributed by atoms with E-state index >= 15 is 0 Å². The summed E-state index contributed by atoms with van der Waals surface area (Å²) < 4.78 is 78.7. The molecule has 0 aromatic heterocycles. The van der Waals surface area contributed by atoms with Gasteiger partial charge in [0, 0.05) is 0 Å². The maximum Gasteiger partial charge on any atom is 0.426 e. The number of halogens is 6. The van der Waals surface area contributed by atoms with Gasteiger partial charge in [0.25, 0.3) is 5.60 Å². The van der Waals surface area contributed by atoms with Crippen LogP contribution in [0.4, 0.5) is 26.3 Å². The smallest absolute Gasteiger partial charge is 0.426 e. The summed E-state index contributed by atoms with van der Waals surface area (Å²) in [6, 6.07) is 0. The molecule has 0 amide bonds. The normalized spacial score (nSPS) is 14.2. The summed E-state index contributed by atoms with van der Waals surface area (Å²) in [7, 11) is 0. The van der Waals surface area contributed by atoms with Crippen molar-refractivity contribution in [3.05, 3.63) is 0 Å². The molecule has 0 saturated carbocycles. The van der Waals surface area contributed by atoms with Gasteiger partial charge < -0.3 is 9.84 Å². The summed E-state index contributed by atoms with van der Waals surface area (Å²) in [6.45, 7) is 4.14. The van der Waals surface area contributed by atoms with E-state index in [1.807, 2.05) is 0 Å². The Balaban J connectivity index is 4.60. The monoisotopic (exact) mass is 324 g/mol. The fourth-order valence-electron chi connectivity index (χ4n) is 1.28. The van der Waals surface area contributed by atoms with E-state index in [0.29, 0.717) is 6.42 Å². The molecule has 0 aliphatic heterocycles. The van der Waals surface area contributed by atoms with Crippen LogP contribution in [0.2, 0.25) is 0 Å². The summed E-state index contributed by atoms with van der Waals surface area (Å²) in [5, 5.41) is 8.87. The summed E-state index contributed by atoms with van der Waals surface area (Å²) in [5.74, 6) is -0.715. The van der Waals surface area contributed by atoms with Crippen LogP contribution in [0.5, 0.6) is 0 Å². The first-order valence-electron chi connectivity index (χ1n) is 6.22. The molecule has 0 unspecified atom stereocenters. The topological polar surface area (TPSA) is 46.5 Å². The standard InChI is InChI=1S/C12H18F6O3/c1-4-9(2,3)8(19)21-7-5-6-10(20,11(13,14)15)12(16,17)18/h20H,4-7H2,1-3H3. The maximum atomic E-state index is 12.4. The number of carbonyl (C=O) groups excluding carboxylic acids is 1. The van der Waals surface area contributed by atoms with Crippen LogP contribution in [0, 0.1) is 5.41 Å². The van der Waals surface area contributed by atoms with Gasteiger partial charge in [-0.2, -0.15) is 26.3 Å². The molecule has 0 fully saturated rings. The predicted octanol–water partition coefficient (Wildman–Crippen LogP) is 3.60. The molecule has 0 aliphatic rings. The summed E-state index contributed by atoms with van der Waals surface area (Å²) >= 11 is 0. The molecule has 0 radical (unpaired) electrons. The second-order valence-corrected chi connectivity index (χ2v) is 5.33. The first-order chi connectivity index (χ1) is 9.19. The van der Waals surface area contributed by atoms with E-state index in [0.717, 1.165) is 0 Å². The lowest BCUT2D eigenvalue weighted by molar-refractivity contribution is -0.370. The van der Waals surface area contributed by atoms with E-state index in [-0.39, 0.29) is 0 Å². The first kappa shape index (κ1) is 20.0. The fraction of sp³-hybridized carbons (Fsp3) is 0.917. The highest BCUT2D eigenvalue weighted by Crippen LogP contribution is 2.45. The third-order valence-corrected chi connectivity index (χ3v) is 3.29. The van der Waals surface area contributed by atoms with E-state index in [2.05, 4.69) is 4.74 Å². The molecule has 0 aliphatic carbocycles. The SMILES string of the molecule is CCC(C)(C)C(=O)OCCCC(O)(C(F)(F)F)C(F)(F)F. The Kier molecular flexibility index (Phi) is 6.11. The van der Waals surface area contributed by atoms with Crippen molar-refractivity contribution in [1.29, 1.82) is 0 Å². The molecule has 126 valence electrons. The molecule has 0 bridgehead atoms. The lowest BCUT2D eigenvalue weighted by Gasteiger charge is -2.32. The van der Waals surface area contributed by atoms with Crippen LogP contribution in [0.3, 0.4) is 0 Å². The Hall–Kier alpha value is -0.990. The Morgan fingerprint density at radius 3 is 1.81 bits per heavy atom. The predicted molar refractivity (Wildman–Crippen MR) is 61.3 cm³/mol. The van der Waals surface area contributed by atoms with Crippen LogP contribution in [0.25, 0.3) is 0 Å². The Labute approximate surface area is 118 Å². The third kappa shape index (κ3) is 4.76. The molecule has 0 atom stereocenters. The third-order valence-electron chi connectivity index (χ3n) is 3.29. The molecule has 0 spiro atoms. The van der Waals surface area contributed by atoms with Gasteiger partial charge in [-0.1, -0.05) is 6.92 Å². The van der Waals surface area contributed by atoms with Crippen LogP contribution < -0.4 is 0 Å². The average molecular weight is 324 g/mol. The van der Waals surface area contributed by atoms with Gasteiger partial charge in [0.05, 0.1) is 12.0 Å². The second kappa shape index (κ2) is 6.41. The van der Waals surface area contributed by atoms with Crippen molar-refractivity contribution in [3.8, 4) is 0 Å². The van der Waals surface area contributed by atoms with E-state index < -0.39 is 48.8 Å². The van der Waals surface area contributed by atoms with Crippen LogP contribution >= 0.6 is 0 Å². The summed E-state index contributed by atoms with van der Waals surface area (Å²) in [5.41, 5.74) is -5.67. The number of hydrogen-bond donors (Lipinski definition) is 1. The van der Waals surface area contributed by atoms with Crippen LogP contribution in [0.1, 0.15) is 40.0 Å². The fourth-order valence-corrected chi connectivity index (χ4v) is 1.28. The van der Waals surface area contributed by atoms with Crippen molar-refractivity contribution in [2.24, 2.45) is 5.41 Å². The molecule has 3 nitrogen and oxygen atoms in total. The van der Waals surface area contributed by atoms with Gasteiger partial charge in [0.1, 0.15) is 0 Å². The highest BCUT2D eigenvalue weighted by Gasteiger charge is 2.69. The first-order valence-corrected chi connectivity index (χ1v) is 6.22. The second-order valence-electron chi connectivity index (χ2n) is 5.33. The minimum absolute atomic E-state index is 0.404. The molecule has 21 heavy (non-hydrogen) atoms. The Bertz CT molecular complexity index is 345. The molecule has 0 saturated heterocycles. The van der Waals surface area contributed by atoms with Crippen molar-refractivity contribution < 1.29 is 41.0 Å². The minimum atomic E-state index is -5.85. The number of hydrogen-bond acceptors (Lipinski definition) is 3. The van der Waals surface area contributed by atoms with Crippen LogP contribution in [-0.2, 0) is 9.53 Å². The quantitative estimate of drug-likeness (QED) is 0.461. The maximum absolute atomic E-state index is 12.4. The summed E-state index contributed by atoms with van der Waals surface area (Å²) in [4.78, 5) is 11.5. The van der Waals surface area contributed by atoms with Gasteiger partial charge in [-0.05, 0) is 33.1 Å². The highest BCUT2D eigenvalue weighted by molar-refractivity contribution is 5.75. The van der Waals surface area contributed by atoms with Gasteiger partial charge in [-0.3, -0.25) is 4.79 Å². The largest absolute Gasteiger partial charge is 0.465 e. The minimum Gasteiger partial charge on any atom is -0.465 e. The lowest BCUT2D eigenvalue weighted by atomic mass is 9.91. The van der Waals surface area contributed by atoms with Gasteiger partial charge in [-0.15, -0.1) is 0 Å². The molecule has 1 N–H and O–H groups in total. The number of ether oxygens (including phenoxy) is 1. The van der Waals surface area contributed by atoms with E-state index in [9.17, 15) is 31.1 Å². The zero-order valence-electron chi connectivity index (χ0n) is 11.9. The molecule has 0 rings (SSSR count).